The molecular weight excluding hydrogens is 310 g/mol. The summed E-state index contributed by atoms with van der Waals surface area (Å²) < 4.78 is 11.0. The molecule has 2 amide bonds. The fourth-order valence-electron chi connectivity index (χ4n) is 2.35. The van der Waals surface area contributed by atoms with Gasteiger partial charge in [-0.1, -0.05) is 12.1 Å². The van der Waals surface area contributed by atoms with E-state index in [1.165, 1.54) is 4.90 Å². The van der Waals surface area contributed by atoms with Crippen LogP contribution in [0.4, 0.5) is 0 Å². The van der Waals surface area contributed by atoms with Crippen molar-refractivity contribution >= 4 is 11.8 Å². The maximum atomic E-state index is 12.2. The van der Waals surface area contributed by atoms with Gasteiger partial charge in [0.15, 0.2) is 6.61 Å². The van der Waals surface area contributed by atoms with E-state index in [9.17, 15) is 9.59 Å². The highest BCUT2D eigenvalue weighted by Gasteiger charge is 2.27. The molecule has 24 heavy (non-hydrogen) atoms. The molecule has 0 saturated carbocycles. The van der Waals surface area contributed by atoms with Crippen molar-refractivity contribution in [2.24, 2.45) is 0 Å². The minimum absolute atomic E-state index is 0.0103. The first kappa shape index (κ1) is 18.2. The molecule has 1 aromatic rings. The summed E-state index contributed by atoms with van der Waals surface area (Å²) in [6.45, 7) is 3.56. The highest BCUT2D eigenvalue weighted by Crippen LogP contribution is 2.13. The first-order valence-corrected chi connectivity index (χ1v) is 8.02. The van der Waals surface area contributed by atoms with E-state index < -0.39 is 0 Å². The number of carbonyl (C=O) groups is 2. The highest BCUT2D eigenvalue weighted by molar-refractivity contribution is 5.82. The first-order chi connectivity index (χ1) is 11.5. The van der Waals surface area contributed by atoms with Crippen LogP contribution < -0.4 is 15.4 Å². The molecule has 7 nitrogen and oxygen atoms in total. The smallest absolute Gasteiger partial charge is 0.259 e. The third kappa shape index (κ3) is 5.21. The Balaban J connectivity index is 1.85. The Morgan fingerprint density at radius 2 is 2.21 bits per heavy atom. The lowest BCUT2D eigenvalue weighted by molar-refractivity contribution is -0.131. The molecule has 132 valence electrons. The van der Waals surface area contributed by atoms with Crippen LogP contribution in [-0.2, 0) is 20.9 Å². The molecule has 1 heterocycles. The van der Waals surface area contributed by atoms with E-state index in [0.717, 1.165) is 5.56 Å². The predicted molar refractivity (Wildman–Crippen MR) is 89.7 cm³/mol. The SMILES string of the molecule is C[C@H]1OCCN[C@@H]1C(=O)NCc1cccc(OCC(=O)N(C)C)c1. The number of likely N-dealkylation sites (N-methyl/N-ethyl adjacent to an activating group) is 1. The summed E-state index contributed by atoms with van der Waals surface area (Å²) in [7, 11) is 3.36. The zero-order chi connectivity index (χ0) is 17.5. The lowest BCUT2D eigenvalue weighted by atomic mass is 10.1. The maximum absolute atomic E-state index is 12.2. The van der Waals surface area contributed by atoms with E-state index in [1.807, 2.05) is 25.1 Å². The van der Waals surface area contributed by atoms with E-state index in [0.29, 0.717) is 25.4 Å². The lowest BCUT2D eigenvalue weighted by Crippen LogP contribution is -2.55. The van der Waals surface area contributed by atoms with Crippen molar-refractivity contribution < 1.29 is 19.1 Å². The molecule has 2 atom stereocenters. The second-order valence-electron chi connectivity index (χ2n) is 5.95. The summed E-state index contributed by atoms with van der Waals surface area (Å²) in [6, 6.07) is 7.00. The molecule has 1 fully saturated rings. The molecule has 1 aliphatic rings. The fraction of sp³-hybridized carbons (Fsp3) is 0.529. The molecule has 1 saturated heterocycles. The van der Waals surface area contributed by atoms with E-state index >= 15 is 0 Å². The van der Waals surface area contributed by atoms with Crippen LogP contribution in [0.3, 0.4) is 0 Å². The number of nitrogens with one attached hydrogen (secondary N) is 2. The molecule has 1 aromatic carbocycles. The minimum Gasteiger partial charge on any atom is -0.484 e. The lowest BCUT2D eigenvalue weighted by Gasteiger charge is -2.29. The van der Waals surface area contributed by atoms with Crippen molar-refractivity contribution in [1.29, 1.82) is 0 Å². The number of morpholine rings is 1. The van der Waals surface area contributed by atoms with E-state index in [-0.39, 0.29) is 30.6 Å². The zero-order valence-electron chi connectivity index (χ0n) is 14.4. The maximum Gasteiger partial charge on any atom is 0.259 e. The van der Waals surface area contributed by atoms with Crippen molar-refractivity contribution in [3.05, 3.63) is 29.8 Å². The molecule has 7 heteroatoms. The van der Waals surface area contributed by atoms with E-state index in [4.69, 9.17) is 9.47 Å². The average molecular weight is 335 g/mol. The van der Waals surface area contributed by atoms with Gasteiger partial charge in [-0.3, -0.25) is 9.59 Å². The average Bonchev–Trinajstić information content (AvgIpc) is 2.58. The van der Waals surface area contributed by atoms with Gasteiger partial charge >= 0.3 is 0 Å². The van der Waals surface area contributed by atoms with Crippen LogP contribution in [0.1, 0.15) is 12.5 Å². The summed E-state index contributed by atoms with van der Waals surface area (Å²) in [5.74, 6) is 0.409. The van der Waals surface area contributed by atoms with Gasteiger partial charge in [-0.05, 0) is 24.6 Å². The van der Waals surface area contributed by atoms with Crippen LogP contribution in [0.5, 0.6) is 5.75 Å². The van der Waals surface area contributed by atoms with Gasteiger partial charge < -0.3 is 25.0 Å². The standard InChI is InChI=1S/C17H25N3O4/c1-12-16(18-7-8-23-12)17(22)19-10-13-5-4-6-14(9-13)24-11-15(21)20(2)3/h4-6,9,12,16,18H,7-8,10-11H2,1-3H3,(H,19,22)/t12-,16+/m1/s1. The van der Waals surface area contributed by atoms with Gasteiger partial charge in [0, 0.05) is 27.2 Å². The molecule has 0 radical (unpaired) electrons. The van der Waals surface area contributed by atoms with Gasteiger partial charge in [0.25, 0.3) is 5.91 Å². The van der Waals surface area contributed by atoms with Crippen LogP contribution in [0.2, 0.25) is 0 Å². The Kier molecular flexibility index (Phi) is 6.57. The second-order valence-corrected chi connectivity index (χ2v) is 5.95. The molecule has 0 aliphatic carbocycles. The van der Waals surface area contributed by atoms with Crippen LogP contribution >= 0.6 is 0 Å². The Morgan fingerprint density at radius 3 is 2.92 bits per heavy atom. The number of rotatable bonds is 6. The van der Waals surface area contributed by atoms with E-state index in [2.05, 4.69) is 10.6 Å². The first-order valence-electron chi connectivity index (χ1n) is 8.02. The van der Waals surface area contributed by atoms with Gasteiger partial charge in [0.05, 0.1) is 12.7 Å². The van der Waals surface area contributed by atoms with Gasteiger partial charge in [-0.2, -0.15) is 0 Å². The second kappa shape index (κ2) is 8.65. The number of hydrogen-bond acceptors (Lipinski definition) is 5. The summed E-state index contributed by atoms with van der Waals surface area (Å²) >= 11 is 0. The summed E-state index contributed by atoms with van der Waals surface area (Å²) in [6.07, 6.45) is -0.148. The van der Waals surface area contributed by atoms with Gasteiger partial charge in [0.2, 0.25) is 5.91 Å². The Morgan fingerprint density at radius 1 is 1.42 bits per heavy atom. The zero-order valence-corrected chi connectivity index (χ0v) is 14.4. The molecule has 2 rings (SSSR count). The molecule has 0 unspecified atom stereocenters. The molecule has 0 spiro atoms. The Bertz CT molecular complexity index is 577. The van der Waals surface area contributed by atoms with Crippen LogP contribution in [-0.4, -0.2) is 62.7 Å². The molecule has 0 aromatic heterocycles. The number of amides is 2. The van der Waals surface area contributed by atoms with Crippen molar-refractivity contribution in [3.63, 3.8) is 0 Å². The number of hydrogen-bond donors (Lipinski definition) is 2. The van der Waals surface area contributed by atoms with Crippen LogP contribution in [0, 0.1) is 0 Å². The number of nitrogens with zero attached hydrogens (tertiary/aromatic N) is 1. The topological polar surface area (TPSA) is 79.9 Å². The van der Waals surface area contributed by atoms with Crippen molar-refractivity contribution in [2.75, 3.05) is 33.9 Å². The van der Waals surface area contributed by atoms with Crippen molar-refractivity contribution in [1.82, 2.24) is 15.5 Å². The third-order valence-electron chi connectivity index (χ3n) is 3.83. The van der Waals surface area contributed by atoms with E-state index in [1.54, 1.807) is 20.2 Å². The largest absolute Gasteiger partial charge is 0.484 e. The summed E-state index contributed by atoms with van der Waals surface area (Å²) in [4.78, 5) is 25.2. The quantitative estimate of drug-likeness (QED) is 0.773. The number of benzene rings is 1. The third-order valence-corrected chi connectivity index (χ3v) is 3.83. The molecule has 2 N–H and O–H groups in total. The van der Waals surface area contributed by atoms with Gasteiger partial charge in [-0.25, -0.2) is 0 Å². The normalized spacial score (nSPS) is 20.3. The molecule has 1 aliphatic heterocycles. The molecular formula is C17H25N3O4. The fourth-order valence-corrected chi connectivity index (χ4v) is 2.35. The highest BCUT2D eigenvalue weighted by atomic mass is 16.5. The number of carbonyl (C=O) groups excluding carboxylic acids is 2. The Hall–Kier alpha value is -2.12. The molecule has 0 bridgehead atoms. The van der Waals surface area contributed by atoms with Gasteiger partial charge in [-0.15, -0.1) is 0 Å². The summed E-state index contributed by atoms with van der Waals surface area (Å²) in [5.41, 5.74) is 0.905. The number of ether oxygens (including phenoxy) is 2. The Labute approximate surface area is 142 Å². The monoisotopic (exact) mass is 335 g/mol. The predicted octanol–water partition coefficient (Wildman–Crippen LogP) is 0.147. The van der Waals surface area contributed by atoms with Crippen molar-refractivity contribution in [3.8, 4) is 5.75 Å². The summed E-state index contributed by atoms with van der Waals surface area (Å²) in [5, 5.41) is 6.05. The minimum atomic E-state index is -0.337. The van der Waals surface area contributed by atoms with Crippen LogP contribution in [0.15, 0.2) is 24.3 Å². The van der Waals surface area contributed by atoms with Gasteiger partial charge in [0.1, 0.15) is 11.8 Å². The van der Waals surface area contributed by atoms with Crippen molar-refractivity contribution in [2.45, 2.75) is 25.6 Å². The van der Waals surface area contributed by atoms with Crippen LogP contribution in [0.25, 0.3) is 0 Å².